The van der Waals surface area contributed by atoms with E-state index < -0.39 is 0 Å². The SMILES string of the molecule is CC(=O)SCC=Cc1c(N)cccc1Cl. The molecule has 0 atom stereocenters. The standard InChI is InChI=1S/C11H12ClNOS/c1-8(14)15-7-3-4-9-10(12)5-2-6-11(9)13/h2-6H,7,13H2,1H3. The number of nitrogen functional groups attached to an aromatic ring is 1. The lowest BCUT2D eigenvalue weighted by Gasteiger charge is -2.01. The van der Waals surface area contributed by atoms with E-state index in [0.717, 1.165) is 5.56 Å². The van der Waals surface area contributed by atoms with Crippen LogP contribution in [0, 0.1) is 0 Å². The Bertz CT molecular complexity index is 370. The van der Waals surface area contributed by atoms with Gasteiger partial charge in [-0.3, -0.25) is 4.79 Å². The highest BCUT2D eigenvalue weighted by Crippen LogP contribution is 2.23. The molecule has 0 bridgehead atoms. The summed E-state index contributed by atoms with van der Waals surface area (Å²) in [6.07, 6.45) is 3.72. The normalized spacial score (nSPS) is 10.8. The van der Waals surface area contributed by atoms with Crippen LogP contribution in [-0.4, -0.2) is 10.9 Å². The van der Waals surface area contributed by atoms with Gasteiger partial charge in [-0.25, -0.2) is 0 Å². The van der Waals surface area contributed by atoms with Crippen LogP contribution in [0.3, 0.4) is 0 Å². The first-order chi connectivity index (χ1) is 7.11. The second-order valence-corrected chi connectivity index (χ2v) is 4.55. The van der Waals surface area contributed by atoms with E-state index in [4.69, 9.17) is 17.3 Å². The Morgan fingerprint density at radius 3 is 2.93 bits per heavy atom. The highest BCUT2D eigenvalue weighted by molar-refractivity contribution is 8.13. The smallest absolute Gasteiger partial charge is 0.186 e. The van der Waals surface area contributed by atoms with Crippen molar-refractivity contribution >= 4 is 40.2 Å². The van der Waals surface area contributed by atoms with E-state index in [0.29, 0.717) is 16.5 Å². The van der Waals surface area contributed by atoms with E-state index in [1.807, 2.05) is 12.2 Å². The van der Waals surface area contributed by atoms with Gasteiger partial charge in [0.15, 0.2) is 5.12 Å². The number of nitrogens with two attached hydrogens (primary N) is 1. The van der Waals surface area contributed by atoms with Crippen LogP contribution in [0.15, 0.2) is 24.3 Å². The molecule has 0 aliphatic rings. The van der Waals surface area contributed by atoms with Crippen LogP contribution < -0.4 is 5.73 Å². The zero-order valence-corrected chi connectivity index (χ0v) is 9.94. The van der Waals surface area contributed by atoms with Crippen LogP contribution >= 0.6 is 23.4 Å². The van der Waals surface area contributed by atoms with Crippen molar-refractivity contribution in [3.8, 4) is 0 Å². The quantitative estimate of drug-likeness (QED) is 0.827. The fourth-order valence-corrected chi connectivity index (χ4v) is 1.73. The number of carbonyl (C=O) groups excluding carboxylic acids is 1. The average molecular weight is 242 g/mol. The van der Waals surface area contributed by atoms with Crippen molar-refractivity contribution in [3.05, 3.63) is 34.9 Å². The Morgan fingerprint density at radius 1 is 1.60 bits per heavy atom. The third-order valence-corrected chi connectivity index (χ3v) is 2.85. The topological polar surface area (TPSA) is 43.1 Å². The summed E-state index contributed by atoms with van der Waals surface area (Å²) in [6, 6.07) is 5.39. The molecule has 0 amide bonds. The molecule has 4 heteroatoms. The number of thioether (sulfide) groups is 1. The minimum Gasteiger partial charge on any atom is -0.398 e. The number of carbonyl (C=O) groups is 1. The maximum absolute atomic E-state index is 10.7. The summed E-state index contributed by atoms with van der Waals surface area (Å²) in [7, 11) is 0. The summed E-state index contributed by atoms with van der Waals surface area (Å²) >= 11 is 7.22. The third kappa shape index (κ3) is 3.98. The zero-order chi connectivity index (χ0) is 11.3. The molecule has 15 heavy (non-hydrogen) atoms. The van der Waals surface area contributed by atoms with Crippen molar-refractivity contribution in [3.63, 3.8) is 0 Å². The molecular formula is C11H12ClNOS. The molecule has 0 aliphatic heterocycles. The Labute approximate surface area is 98.5 Å². The van der Waals surface area contributed by atoms with Crippen LogP contribution in [0.4, 0.5) is 5.69 Å². The monoisotopic (exact) mass is 241 g/mol. The lowest BCUT2D eigenvalue weighted by molar-refractivity contribution is -0.109. The molecule has 0 saturated heterocycles. The van der Waals surface area contributed by atoms with Crippen LogP contribution in [0.2, 0.25) is 5.02 Å². The molecule has 0 spiro atoms. The molecule has 0 saturated carbocycles. The van der Waals surface area contributed by atoms with Gasteiger partial charge in [-0.2, -0.15) is 0 Å². The van der Waals surface area contributed by atoms with Gasteiger partial charge in [0.2, 0.25) is 0 Å². The summed E-state index contributed by atoms with van der Waals surface area (Å²) in [6.45, 7) is 1.54. The van der Waals surface area contributed by atoms with Crippen molar-refractivity contribution in [2.75, 3.05) is 11.5 Å². The molecule has 2 N–H and O–H groups in total. The highest BCUT2D eigenvalue weighted by atomic mass is 35.5. The number of hydrogen-bond acceptors (Lipinski definition) is 3. The van der Waals surface area contributed by atoms with E-state index in [9.17, 15) is 4.79 Å². The molecule has 0 aromatic heterocycles. The average Bonchev–Trinajstić information content (AvgIpc) is 2.15. The third-order valence-electron chi connectivity index (χ3n) is 1.75. The maximum Gasteiger partial charge on any atom is 0.186 e. The van der Waals surface area contributed by atoms with Gasteiger partial charge >= 0.3 is 0 Å². The van der Waals surface area contributed by atoms with E-state index in [2.05, 4.69) is 0 Å². The van der Waals surface area contributed by atoms with Crippen LogP contribution in [-0.2, 0) is 4.79 Å². The van der Waals surface area contributed by atoms with Crippen LogP contribution in [0.1, 0.15) is 12.5 Å². The second-order valence-electron chi connectivity index (χ2n) is 2.95. The zero-order valence-electron chi connectivity index (χ0n) is 8.37. The van der Waals surface area contributed by atoms with E-state index in [1.54, 1.807) is 25.1 Å². The largest absolute Gasteiger partial charge is 0.398 e. The predicted molar refractivity (Wildman–Crippen MR) is 68.0 cm³/mol. The number of halogens is 1. The van der Waals surface area contributed by atoms with Crippen molar-refractivity contribution in [2.45, 2.75) is 6.92 Å². The van der Waals surface area contributed by atoms with Crippen molar-refractivity contribution in [2.24, 2.45) is 0 Å². The number of anilines is 1. The van der Waals surface area contributed by atoms with Gasteiger partial charge in [0.05, 0.1) is 0 Å². The summed E-state index contributed by atoms with van der Waals surface area (Å²) in [5, 5.41) is 0.728. The molecule has 1 rings (SSSR count). The Balaban J connectivity index is 2.67. The fourth-order valence-electron chi connectivity index (χ4n) is 1.06. The Kier molecular flexibility index (Phi) is 4.72. The van der Waals surface area contributed by atoms with Crippen molar-refractivity contribution in [1.82, 2.24) is 0 Å². The Hall–Kier alpha value is -0.930. The van der Waals surface area contributed by atoms with E-state index >= 15 is 0 Å². The number of rotatable bonds is 3. The minimum absolute atomic E-state index is 0.104. The predicted octanol–water partition coefficient (Wildman–Crippen LogP) is 3.22. The van der Waals surface area contributed by atoms with Gasteiger partial charge in [0, 0.05) is 29.0 Å². The molecule has 1 aromatic carbocycles. The number of benzene rings is 1. The van der Waals surface area contributed by atoms with Crippen LogP contribution in [0.25, 0.3) is 6.08 Å². The van der Waals surface area contributed by atoms with Crippen molar-refractivity contribution < 1.29 is 4.79 Å². The minimum atomic E-state index is 0.104. The maximum atomic E-state index is 10.7. The molecule has 0 fully saturated rings. The van der Waals surface area contributed by atoms with Gasteiger partial charge in [0.25, 0.3) is 0 Å². The summed E-state index contributed by atoms with van der Waals surface area (Å²) in [4.78, 5) is 10.7. The van der Waals surface area contributed by atoms with Gasteiger partial charge < -0.3 is 5.73 Å². The lowest BCUT2D eigenvalue weighted by atomic mass is 10.1. The fraction of sp³-hybridized carbons (Fsp3) is 0.182. The molecule has 1 aromatic rings. The summed E-state index contributed by atoms with van der Waals surface area (Å²) < 4.78 is 0. The van der Waals surface area contributed by atoms with Gasteiger partial charge in [-0.05, 0) is 12.1 Å². The number of hydrogen-bond donors (Lipinski definition) is 1. The lowest BCUT2D eigenvalue weighted by Crippen LogP contribution is -1.89. The van der Waals surface area contributed by atoms with Gasteiger partial charge in [0.1, 0.15) is 0 Å². The molecule has 0 heterocycles. The van der Waals surface area contributed by atoms with Gasteiger partial charge in [-0.15, -0.1) is 0 Å². The molecule has 0 aliphatic carbocycles. The van der Waals surface area contributed by atoms with Crippen LogP contribution in [0.5, 0.6) is 0 Å². The molecule has 2 nitrogen and oxygen atoms in total. The van der Waals surface area contributed by atoms with E-state index in [1.165, 1.54) is 11.8 Å². The second kappa shape index (κ2) is 5.83. The summed E-state index contributed by atoms with van der Waals surface area (Å²) in [5.74, 6) is 0.639. The summed E-state index contributed by atoms with van der Waals surface area (Å²) in [5.41, 5.74) is 7.21. The first-order valence-electron chi connectivity index (χ1n) is 4.45. The highest BCUT2D eigenvalue weighted by Gasteiger charge is 1.99. The van der Waals surface area contributed by atoms with Crippen molar-refractivity contribution in [1.29, 1.82) is 0 Å². The molecule has 0 radical (unpaired) electrons. The first-order valence-corrected chi connectivity index (χ1v) is 5.81. The van der Waals surface area contributed by atoms with Gasteiger partial charge in [-0.1, -0.05) is 41.6 Å². The Morgan fingerprint density at radius 2 is 2.33 bits per heavy atom. The molecular weight excluding hydrogens is 230 g/mol. The van der Waals surface area contributed by atoms with E-state index in [-0.39, 0.29) is 5.12 Å². The molecule has 80 valence electrons. The molecule has 0 unspecified atom stereocenters. The first kappa shape index (κ1) is 12.1.